The lowest BCUT2D eigenvalue weighted by Crippen LogP contribution is -2.54. The van der Waals surface area contributed by atoms with Gasteiger partial charge < -0.3 is 5.32 Å². The van der Waals surface area contributed by atoms with E-state index in [0.717, 1.165) is 24.8 Å². The van der Waals surface area contributed by atoms with Crippen LogP contribution in [0.15, 0.2) is 24.3 Å². The Balaban J connectivity index is 2.26. The number of carbonyl (C=O) groups excluding carboxylic acids is 1. The molecule has 3 heteroatoms. The Kier molecular flexibility index (Phi) is 3.18. The highest BCUT2D eigenvalue weighted by Crippen LogP contribution is 2.44. The van der Waals surface area contributed by atoms with Crippen molar-refractivity contribution in [2.45, 2.75) is 51.0 Å². The minimum absolute atomic E-state index is 0.0628. The van der Waals surface area contributed by atoms with Crippen molar-refractivity contribution in [2.75, 3.05) is 0 Å². The summed E-state index contributed by atoms with van der Waals surface area (Å²) in [5.74, 6) is -0.197. The molecule has 1 aliphatic rings. The largest absolute Gasteiger partial charge is 0.351 e. The van der Waals surface area contributed by atoms with Gasteiger partial charge in [0.2, 0.25) is 5.91 Å². The highest BCUT2D eigenvalue weighted by molar-refractivity contribution is 5.89. The van der Waals surface area contributed by atoms with Gasteiger partial charge >= 0.3 is 0 Å². The van der Waals surface area contributed by atoms with Crippen molar-refractivity contribution in [2.24, 2.45) is 0 Å². The van der Waals surface area contributed by atoms with Gasteiger partial charge in [-0.3, -0.25) is 4.79 Å². The molecule has 1 fully saturated rings. The topological polar surface area (TPSA) is 29.1 Å². The van der Waals surface area contributed by atoms with Crippen molar-refractivity contribution in [3.05, 3.63) is 35.6 Å². The smallest absolute Gasteiger partial charge is 0.231 e. The number of nitrogens with one attached hydrogen (secondary N) is 1. The molecule has 1 amide bonds. The lowest BCUT2D eigenvalue weighted by Gasteiger charge is -2.42. The van der Waals surface area contributed by atoms with E-state index < -0.39 is 5.41 Å². The molecule has 1 aromatic carbocycles. The summed E-state index contributed by atoms with van der Waals surface area (Å²) in [5, 5.41) is 3.04. The first kappa shape index (κ1) is 13.1. The molecule has 0 saturated heterocycles. The third-order valence-electron chi connectivity index (χ3n) is 3.53. The molecule has 0 atom stereocenters. The van der Waals surface area contributed by atoms with E-state index in [2.05, 4.69) is 5.32 Å². The Hall–Kier alpha value is -1.38. The van der Waals surface area contributed by atoms with Crippen LogP contribution >= 0.6 is 0 Å². The van der Waals surface area contributed by atoms with Gasteiger partial charge in [-0.1, -0.05) is 18.6 Å². The molecule has 0 spiro atoms. The summed E-state index contributed by atoms with van der Waals surface area (Å²) >= 11 is 0. The molecule has 0 unspecified atom stereocenters. The van der Waals surface area contributed by atoms with Gasteiger partial charge in [0.25, 0.3) is 0 Å². The van der Waals surface area contributed by atoms with Crippen LogP contribution in [0.5, 0.6) is 0 Å². The molecule has 2 nitrogen and oxygen atoms in total. The third kappa shape index (κ3) is 2.40. The van der Waals surface area contributed by atoms with E-state index in [0.29, 0.717) is 0 Å². The van der Waals surface area contributed by atoms with E-state index in [1.54, 1.807) is 12.1 Å². The summed E-state index contributed by atoms with van der Waals surface area (Å²) in [5.41, 5.74) is 0.248. The zero-order valence-electron chi connectivity index (χ0n) is 11.2. The number of amides is 1. The molecular weight excluding hydrogens is 229 g/mol. The number of rotatable bonds is 2. The van der Waals surface area contributed by atoms with Gasteiger partial charge in [-0.2, -0.15) is 0 Å². The van der Waals surface area contributed by atoms with Gasteiger partial charge in [0.05, 0.1) is 5.41 Å². The van der Waals surface area contributed by atoms with Crippen LogP contribution in [0, 0.1) is 5.82 Å². The molecule has 18 heavy (non-hydrogen) atoms. The molecule has 0 aromatic heterocycles. The van der Waals surface area contributed by atoms with Crippen LogP contribution in [-0.2, 0) is 10.2 Å². The standard InChI is InChI=1S/C15H20FNO/c1-14(2,3)17-13(18)15(9-4-10-15)11-5-7-12(16)8-6-11/h5-8H,4,9-10H2,1-3H3,(H,17,18). The van der Waals surface area contributed by atoms with Crippen LogP contribution in [0.3, 0.4) is 0 Å². The number of benzene rings is 1. The Bertz CT molecular complexity index is 441. The molecule has 1 saturated carbocycles. The van der Waals surface area contributed by atoms with Gasteiger partial charge in [0, 0.05) is 5.54 Å². The van der Waals surface area contributed by atoms with Crippen molar-refractivity contribution < 1.29 is 9.18 Å². The van der Waals surface area contributed by atoms with E-state index in [-0.39, 0.29) is 17.3 Å². The van der Waals surface area contributed by atoms with Gasteiger partial charge in [-0.25, -0.2) is 4.39 Å². The van der Waals surface area contributed by atoms with Crippen LogP contribution in [0.25, 0.3) is 0 Å². The molecule has 1 aliphatic carbocycles. The third-order valence-corrected chi connectivity index (χ3v) is 3.53. The summed E-state index contributed by atoms with van der Waals surface area (Å²) in [6.45, 7) is 5.92. The predicted molar refractivity (Wildman–Crippen MR) is 69.8 cm³/mol. The second kappa shape index (κ2) is 4.38. The van der Waals surface area contributed by atoms with E-state index in [4.69, 9.17) is 0 Å². The lowest BCUT2D eigenvalue weighted by molar-refractivity contribution is -0.131. The van der Waals surface area contributed by atoms with Gasteiger partial charge in [-0.05, 0) is 51.3 Å². The zero-order chi connectivity index (χ0) is 13.4. The van der Waals surface area contributed by atoms with Gasteiger partial charge in [-0.15, -0.1) is 0 Å². The van der Waals surface area contributed by atoms with E-state index in [9.17, 15) is 9.18 Å². The molecule has 0 bridgehead atoms. The van der Waals surface area contributed by atoms with Crippen molar-refractivity contribution in [1.29, 1.82) is 0 Å². The fraction of sp³-hybridized carbons (Fsp3) is 0.533. The zero-order valence-corrected chi connectivity index (χ0v) is 11.2. The molecule has 2 rings (SSSR count). The Labute approximate surface area is 108 Å². The number of hydrogen-bond donors (Lipinski definition) is 1. The van der Waals surface area contributed by atoms with Crippen molar-refractivity contribution >= 4 is 5.91 Å². The van der Waals surface area contributed by atoms with E-state index in [1.165, 1.54) is 12.1 Å². The molecule has 1 N–H and O–H groups in total. The van der Waals surface area contributed by atoms with Crippen molar-refractivity contribution in [3.8, 4) is 0 Å². The van der Waals surface area contributed by atoms with Crippen LogP contribution in [0.4, 0.5) is 4.39 Å². The normalized spacial score (nSPS) is 18.0. The Morgan fingerprint density at radius 1 is 1.22 bits per heavy atom. The maximum absolute atomic E-state index is 13.0. The summed E-state index contributed by atoms with van der Waals surface area (Å²) in [6.07, 6.45) is 2.75. The lowest BCUT2D eigenvalue weighted by atomic mass is 9.63. The molecule has 0 radical (unpaired) electrons. The fourth-order valence-electron chi connectivity index (χ4n) is 2.41. The SMILES string of the molecule is CC(C)(C)NC(=O)C1(c2ccc(F)cc2)CCC1. The van der Waals surface area contributed by atoms with Crippen LogP contribution in [0.1, 0.15) is 45.6 Å². The summed E-state index contributed by atoms with van der Waals surface area (Å²) < 4.78 is 13.0. The quantitative estimate of drug-likeness (QED) is 0.857. The monoisotopic (exact) mass is 249 g/mol. The number of carbonyl (C=O) groups is 1. The maximum Gasteiger partial charge on any atom is 0.231 e. The van der Waals surface area contributed by atoms with E-state index >= 15 is 0 Å². The van der Waals surface area contributed by atoms with Crippen LogP contribution in [-0.4, -0.2) is 11.4 Å². The summed E-state index contributed by atoms with van der Waals surface area (Å²) in [4.78, 5) is 12.4. The first-order valence-electron chi connectivity index (χ1n) is 6.42. The van der Waals surface area contributed by atoms with E-state index in [1.807, 2.05) is 20.8 Å². The first-order valence-corrected chi connectivity index (χ1v) is 6.42. The minimum Gasteiger partial charge on any atom is -0.351 e. The average Bonchev–Trinajstić information content (AvgIpc) is 2.16. The first-order chi connectivity index (χ1) is 8.33. The second-order valence-electron chi connectivity index (χ2n) is 6.15. The number of halogens is 1. The van der Waals surface area contributed by atoms with Gasteiger partial charge in [0.15, 0.2) is 0 Å². The van der Waals surface area contributed by atoms with Gasteiger partial charge in [0.1, 0.15) is 5.82 Å². The van der Waals surface area contributed by atoms with Crippen LogP contribution in [0.2, 0.25) is 0 Å². The average molecular weight is 249 g/mol. The number of hydrogen-bond acceptors (Lipinski definition) is 1. The summed E-state index contributed by atoms with van der Waals surface area (Å²) in [6, 6.07) is 6.33. The minimum atomic E-state index is -0.443. The predicted octanol–water partition coefficient (Wildman–Crippen LogP) is 3.16. The molecular formula is C15H20FNO. The molecule has 98 valence electrons. The molecule has 1 aromatic rings. The second-order valence-corrected chi connectivity index (χ2v) is 6.15. The maximum atomic E-state index is 13.0. The van der Waals surface area contributed by atoms with Crippen LogP contribution < -0.4 is 5.32 Å². The van der Waals surface area contributed by atoms with Crippen molar-refractivity contribution in [3.63, 3.8) is 0 Å². The Morgan fingerprint density at radius 3 is 2.17 bits per heavy atom. The fourth-order valence-corrected chi connectivity index (χ4v) is 2.41. The highest BCUT2D eigenvalue weighted by Gasteiger charge is 2.46. The van der Waals surface area contributed by atoms with Crippen molar-refractivity contribution in [1.82, 2.24) is 5.32 Å². The summed E-state index contributed by atoms with van der Waals surface area (Å²) in [7, 11) is 0. The molecule has 0 heterocycles. The molecule has 0 aliphatic heterocycles. The highest BCUT2D eigenvalue weighted by atomic mass is 19.1. The Morgan fingerprint density at radius 2 is 1.78 bits per heavy atom.